The fourth-order valence-corrected chi connectivity index (χ4v) is 2.92. The van der Waals surface area contributed by atoms with E-state index in [0.29, 0.717) is 0 Å². The largest absolute Gasteiger partial charge is 0.496 e. The van der Waals surface area contributed by atoms with E-state index in [2.05, 4.69) is 24.1 Å². The Balaban J connectivity index is 1.86. The zero-order valence-corrected chi connectivity index (χ0v) is 12.5. The number of methoxy groups -OCH3 is 1. The Hall–Kier alpha value is -1.32. The van der Waals surface area contributed by atoms with Crippen molar-refractivity contribution in [2.45, 2.75) is 31.3 Å². The lowest BCUT2D eigenvalue weighted by Gasteiger charge is -2.27. The Labute approximate surface area is 121 Å². The molecule has 0 saturated heterocycles. The molecule has 1 aliphatic carbocycles. The molecule has 0 bridgehead atoms. The van der Waals surface area contributed by atoms with E-state index in [-0.39, 0.29) is 0 Å². The minimum absolute atomic E-state index is 0.465. The van der Waals surface area contributed by atoms with E-state index in [1.165, 1.54) is 0 Å². The van der Waals surface area contributed by atoms with E-state index < -0.39 is 5.60 Å². The van der Waals surface area contributed by atoms with Crippen molar-refractivity contribution in [2.75, 3.05) is 27.2 Å². The molecule has 3 heteroatoms. The number of ether oxygens (including phenoxy) is 1. The Morgan fingerprint density at radius 3 is 2.70 bits per heavy atom. The number of benzene rings is 1. The van der Waals surface area contributed by atoms with E-state index >= 15 is 0 Å². The lowest BCUT2D eigenvalue weighted by Crippen LogP contribution is -2.39. The first-order chi connectivity index (χ1) is 9.63. The highest BCUT2D eigenvalue weighted by Crippen LogP contribution is 2.29. The molecule has 2 rings (SSSR count). The van der Waals surface area contributed by atoms with Crippen LogP contribution in [0.5, 0.6) is 5.75 Å². The summed E-state index contributed by atoms with van der Waals surface area (Å²) in [6, 6.07) is 7.98. The van der Waals surface area contributed by atoms with Crippen LogP contribution in [0.15, 0.2) is 30.3 Å². The molecule has 0 heterocycles. The minimum Gasteiger partial charge on any atom is -0.496 e. The van der Waals surface area contributed by atoms with Crippen LogP contribution in [0.3, 0.4) is 0 Å². The van der Waals surface area contributed by atoms with Gasteiger partial charge in [-0.2, -0.15) is 0 Å². The molecule has 20 heavy (non-hydrogen) atoms. The summed E-state index contributed by atoms with van der Waals surface area (Å²) in [6.45, 7) is 1.59. The average Bonchev–Trinajstić information content (AvgIpc) is 2.85. The first-order valence-electron chi connectivity index (χ1n) is 7.33. The maximum absolute atomic E-state index is 10.4. The Morgan fingerprint density at radius 1 is 1.30 bits per heavy atom. The topological polar surface area (TPSA) is 32.7 Å². The molecule has 1 aromatic rings. The van der Waals surface area contributed by atoms with Crippen LogP contribution in [0.1, 0.15) is 31.2 Å². The van der Waals surface area contributed by atoms with Crippen molar-refractivity contribution in [3.05, 3.63) is 35.9 Å². The van der Waals surface area contributed by atoms with Crippen LogP contribution < -0.4 is 4.74 Å². The third-order valence-corrected chi connectivity index (χ3v) is 3.95. The molecule has 1 N–H and O–H groups in total. The van der Waals surface area contributed by atoms with E-state index in [9.17, 15) is 5.11 Å². The van der Waals surface area contributed by atoms with Crippen molar-refractivity contribution in [3.8, 4) is 5.75 Å². The smallest absolute Gasteiger partial charge is 0.126 e. The summed E-state index contributed by atoms with van der Waals surface area (Å²) in [5, 5.41) is 10.4. The summed E-state index contributed by atoms with van der Waals surface area (Å²) in [5.41, 5.74) is 0.621. The molecule has 0 amide bonds. The fourth-order valence-electron chi connectivity index (χ4n) is 2.92. The van der Waals surface area contributed by atoms with Crippen LogP contribution in [0.25, 0.3) is 6.08 Å². The van der Waals surface area contributed by atoms with Crippen LogP contribution >= 0.6 is 0 Å². The minimum atomic E-state index is -0.465. The Kier molecular flexibility index (Phi) is 5.21. The second-order valence-corrected chi connectivity index (χ2v) is 5.77. The van der Waals surface area contributed by atoms with Gasteiger partial charge < -0.3 is 9.84 Å². The predicted octanol–water partition coefficient (Wildman–Crippen LogP) is 2.95. The Morgan fingerprint density at radius 2 is 2.00 bits per heavy atom. The van der Waals surface area contributed by atoms with Crippen LogP contribution in [-0.2, 0) is 0 Å². The van der Waals surface area contributed by atoms with Gasteiger partial charge >= 0.3 is 0 Å². The second-order valence-electron chi connectivity index (χ2n) is 5.77. The number of hydrogen-bond donors (Lipinski definition) is 1. The van der Waals surface area contributed by atoms with E-state index in [4.69, 9.17) is 4.74 Å². The van der Waals surface area contributed by atoms with Gasteiger partial charge in [0.05, 0.1) is 12.7 Å². The third kappa shape index (κ3) is 4.09. The zero-order valence-electron chi connectivity index (χ0n) is 12.5. The van der Waals surface area contributed by atoms with Gasteiger partial charge in [0.15, 0.2) is 0 Å². The van der Waals surface area contributed by atoms with Crippen molar-refractivity contribution in [1.29, 1.82) is 0 Å². The number of para-hydroxylation sites is 1. The molecule has 0 aromatic heterocycles. The summed E-state index contributed by atoms with van der Waals surface area (Å²) in [5.74, 6) is 0.890. The lowest BCUT2D eigenvalue weighted by molar-refractivity contribution is 0.0192. The molecule has 0 aliphatic heterocycles. The maximum Gasteiger partial charge on any atom is 0.126 e. The fraction of sp³-hybridized carbons (Fsp3) is 0.529. The van der Waals surface area contributed by atoms with Crippen molar-refractivity contribution < 1.29 is 9.84 Å². The molecule has 110 valence electrons. The highest BCUT2D eigenvalue weighted by Gasteiger charge is 2.31. The summed E-state index contributed by atoms with van der Waals surface area (Å²) in [4.78, 5) is 2.18. The monoisotopic (exact) mass is 275 g/mol. The van der Waals surface area contributed by atoms with Crippen LogP contribution in [0.4, 0.5) is 0 Å². The van der Waals surface area contributed by atoms with Gasteiger partial charge in [-0.25, -0.2) is 0 Å². The van der Waals surface area contributed by atoms with Gasteiger partial charge in [-0.3, -0.25) is 4.90 Å². The van der Waals surface area contributed by atoms with Gasteiger partial charge in [0.25, 0.3) is 0 Å². The predicted molar refractivity (Wildman–Crippen MR) is 82.9 cm³/mol. The highest BCUT2D eigenvalue weighted by molar-refractivity contribution is 5.57. The van der Waals surface area contributed by atoms with Gasteiger partial charge in [0.2, 0.25) is 0 Å². The standard InChI is InChI=1S/C17H25NO2/c1-18(14-17(19)11-5-6-12-17)13-7-9-15-8-3-4-10-16(15)20-2/h3-4,7-10,19H,5-6,11-14H2,1-2H3/b9-7+. The third-order valence-electron chi connectivity index (χ3n) is 3.95. The number of nitrogens with zero attached hydrogens (tertiary/aromatic N) is 1. The SMILES string of the molecule is COc1ccccc1/C=C/CN(C)CC1(O)CCCC1. The summed E-state index contributed by atoms with van der Waals surface area (Å²) in [7, 11) is 3.75. The highest BCUT2D eigenvalue weighted by atomic mass is 16.5. The van der Waals surface area contributed by atoms with Gasteiger partial charge in [0, 0.05) is 18.7 Å². The van der Waals surface area contributed by atoms with Crippen LogP contribution in [0, 0.1) is 0 Å². The molecule has 0 radical (unpaired) electrons. The quantitative estimate of drug-likeness (QED) is 0.866. The Bertz CT molecular complexity index is 450. The van der Waals surface area contributed by atoms with E-state index in [0.717, 1.165) is 50.1 Å². The molecule has 1 aromatic carbocycles. The summed E-state index contributed by atoms with van der Waals surface area (Å²) >= 11 is 0. The number of likely N-dealkylation sites (N-methyl/N-ethyl adjacent to an activating group) is 1. The first-order valence-corrected chi connectivity index (χ1v) is 7.33. The number of aliphatic hydroxyl groups is 1. The zero-order chi connectivity index (χ0) is 14.4. The van der Waals surface area contributed by atoms with Crippen molar-refractivity contribution in [1.82, 2.24) is 4.90 Å². The molecule has 1 saturated carbocycles. The second kappa shape index (κ2) is 6.91. The number of rotatable bonds is 6. The van der Waals surface area contributed by atoms with E-state index in [1.807, 2.05) is 24.3 Å². The molecule has 1 fully saturated rings. The van der Waals surface area contributed by atoms with Crippen LogP contribution in [0.2, 0.25) is 0 Å². The average molecular weight is 275 g/mol. The van der Waals surface area contributed by atoms with Crippen molar-refractivity contribution in [3.63, 3.8) is 0 Å². The normalized spacial score (nSPS) is 18.0. The maximum atomic E-state index is 10.4. The molecule has 1 aliphatic rings. The molecule has 3 nitrogen and oxygen atoms in total. The van der Waals surface area contributed by atoms with Crippen molar-refractivity contribution >= 4 is 6.08 Å². The first kappa shape index (κ1) is 15.1. The van der Waals surface area contributed by atoms with Gasteiger partial charge in [0.1, 0.15) is 5.75 Å². The lowest BCUT2D eigenvalue weighted by atomic mass is 10.0. The molecular weight excluding hydrogens is 250 g/mol. The summed E-state index contributed by atoms with van der Waals surface area (Å²) in [6.07, 6.45) is 8.38. The van der Waals surface area contributed by atoms with Gasteiger partial charge in [-0.05, 0) is 26.0 Å². The van der Waals surface area contributed by atoms with Gasteiger partial charge in [-0.15, -0.1) is 0 Å². The molecular formula is C17H25NO2. The molecule has 0 unspecified atom stereocenters. The van der Waals surface area contributed by atoms with Crippen LogP contribution in [-0.4, -0.2) is 42.9 Å². The van der Waals surface area contributed by atoms with E-state index in [1.54, 1.807) is 7.11 Å². The summed E-state index contributed by atoms with van der Waals surface area (Å²) < 4.78 is 5.32. The van der Waals surface area contributed by atoms with Gasteiger partial charge in [-0.1, -0.05) is 43.2 Å². The molecule has 0 atom stereocenters. The number of hydrogen-bond acceptors (Lipinski definition) is 3. The van der Waals surface area contributed by atoms with Crippen molar-refractivity contribution in [2.24, 2.45) is 0 Å². The molecule has 0 spiro atoms.